The molecule has 0 spiro atoms. The van der Waals surface area contributed by atoms with Gasteiger partial charge in [-0.05, 0) is 29.5 Å². The normalized spacial score (nSPS) is 20.1. The Balaban J connectivity index is 2.17. The highest BCUT2D eigenvalue weighted by Gasteiger charge is 2.29. The molecular weight excluding hydrogens is 198 g/mol. The maximum atomic E-state index is 5.75. The minimum Gasteiger partial charge on any atom is -0.356 e. The number of rotatable bonds is 1. The van der Waals surface area contributed by atoms with Crippen molar-refractivity contribution in [2.75, 3.05) is 18.0 Å². The van der Waals surface area contributed by atoms with E-state index in [4.69, 9.17) is 11.6 Å². The molecule has 0 aromatic carbocycles. The van der Waals surface area contributed by atoms with Gasteiger partial charge in [-0.25, -0.2) is 9.97 Å². The second kappa shape index (κ2) is 3.39. The van der Waals surface area contributed by atoms with Gasteiger partial charge in [-0.3, -0.25) is 0 Å². The van der Waals surface area contributed by atoms with Crippen molar-refractivity contribution in [2.24, 2.45) is 5.41 Å². The van der Waals surface area contributed by atoms with Crippen LogP contribution in [0.4, 0.5) is 5.82 Å². The summed E-state index contributed by atoms with van der Waals surface area (Å²) in [6.07, 6.45) is 2.91. The van der Waals surface area contributed by atoms with E-state index < -0.39 is 0 Å². The summed E-state index contributed by atoms with van der Waals surface area (Å²) in [5, 5.41) is 0.326. The average molecular weight is 212 g/mol. The zero-order valence-corrected chi connectivity index (χ0v) is 9.25. The minimum absolute atomic E-state index is 0.326. The summed E-state index contributed by atoms with van der Waals surface area (Å²) < 4.78 is 0. The van der Waals surface area contributed by atoms with E-state index >= 15 is 0 Å². The Kier molecular flexibility index (Phi) is 2.35. The first-order chi connectivity index (χ1) is 6.57. The van der Waals surface area contributed by atoms with E-state index in [1.165, 1.54) is 6.42 Å². The first kappa shape index (κ1) is 9.71. The lowest BCUT2D eigenvalue weighted by molar-refractivity contribution is 0.418. The third kappa shape index (κ3) is 1.98. The van der Waals surface area contributed by atoms with Gasteiger partial charge in [0.15, 0.2) is 0 Å². The number of hydrogen-bond donors (Lipinski definition) is 0. The van der Waals surface area contributed by atoms with E-state index in [0.29, 0.717) is 10.7 Å². The van der Waals surface area contributed by atoms with Crippen LogP contribution in [0.15, 0.2) is 12.3 Å². The summed E-state index contributed by atoms with van der Waals surface area (Å²) in [4.78, 5) is 10.3. The molecule has 0 atom stereocenters. The summed E-state index contributed by atoms with van der Waals surface area (Å²) in [5.74, 6) is 0.940. The van der Waals surface area contributed by atoms with Gasteiger partial charge >= 0.3 is 0 Å². The van der Waals surface area contributed by atoms with Gasteiger partial charge in [-0.1, -0.05) is 13.8 Å². The molecule has 1 aliphatic rings. The van der Waals surface area contributed by atoms with Crippen molar-refractivity contribution in [2.45, 2.75) is 20.3 Å². The first-order valence-corrected chi connectivity index (χ1v) is 5.18. The maximum absolute atomic E-state index is 5.75. The highest BCUT2D eigenvalue weighted by Crippen LogP contribution is 2.31. The largest absolute Gasteiger partial charge is 0.356 e. The summed E-state index contributed by atoms with van der Waals surface area (Å²) in [6.45, 7) is 6.65. The Morgan fingerprint density at radius 3 is 2.86 bits per heavy atom. The molecule has 3 nitrogen and oxygen atoms in total. The van der Waals surface area contributed by atoms with Crippen LogP contribution in [0.1, 0.15) is 20.3 Å². The Labute approximate surface area is 89.1 Å². The highest BCUT2D eigenvalue weighted by molar-refractivity contribution is 6.28. The summed E-state index contributed by atoms with van der Waals surface area (Å²) in [7, 11) is 0. The number of anilines is 1. The Morgan fingerprint density at radius 2 is 2.29 bits per heavy atom. The Morgan fingerprint density at radius 1 is 1.50 bits per heavy atom. The summed E-state index contributed by atoms with van der Waals surface area (Å²) >= 11 is 5.75. The van der Waals surface area contributed by atoms with Crippen LogP contribution < -0.4 is 4.90 Å². The van der Waals surface area contributed by atoms with Crippen molar-refractivity contribution in [3.8, 4) is 0 Å². The van der Waals surface area contributed by atoms with E-state index in [2.05, 4.69) is 28.7 Å². The van der Waals surface area contributed by atoms with Crippen molar-refractivity contribution in [3.05, 3.63) is 17.5 Å². The molecule has 1 aliphatic heterocycles. The van der Waals surface area contributed by atoms with Crippen LogP contribution in [-0.4, -0.2) is 23.1 Å². The van der Waals surface area contributed by atoms with Gasteiger partial charge < -0.3 is 4.90 Å². The molecule has 0 unspecified atom stereocenters. The molecule has 1 aromatic rings. The quantitative estimate of drug-likeness (QED) is 0.668. The van der Waals surface area contributed by atoms with Crippen molar-refractivity contribution in [3.63, 3.8) is 0 Å². The summed E-state index contributed by atoms with van der Waals surface area (Å²) in [5.41, 5.74) is 0.386. The first-order valence-electron chi connectivity index (χ1n) is 4.80. The topological polar surface area (TPSA) is 29.0 Å². The van der Waals surface area contributed by atoms with Gasteiger partial charge in [0.2, 0.25) is 5.28 Å². The minimum atomic E-state index is 0.326. The molecule has 0 N–H and O–H groups in total. The van der Waals surface area contributed by atoms with Crippen molar-refractivity contribution >= 4 is 17.4 Å². The van der Waals surface area contributed by atoms with Crippen LogP contribution in [0.3, 0.4) is 0 Å². The van der Waals surface area contributed by atoms with Crippen LogP contribution in [-0.2, 0) is 0 Å². The molecule has 0 bridgehead atoms. The molecule has 4 heteroatoms. The van der Waals surface area contributed by atoms with Gasteiger partial charge in [0.25, 0.3) is 0 Å². The van der Waals surface area contributed by atoms with Crippen LogP contribution in [0.5, 0.6) is 0 Å². The summed E-state index contributed by atoms with van der Waals surface area (Å²) in [6, 6.07) is 1.91. The molecule has 0 radical (unpaired) electrons. The molecule has 2 heterocycles. The van der Waals surface area contributed by atoms with Gasteiger partial charge in [0.05, 0.1) is 0 Å². The van der Waals surface area contributed by atoms with Gasteiger partial charge in [-0.15, -0.1) is 0 Å². The van der Waals surface area contributed by atoms with E-state index in [-0.39, 0.29) is 0 Å². The van der Waals surface area contributed by atoms with E-state index in [1.807, 2.05) is 6.07 Å². The lowest BCUT2D eigenvalue weighted by Gasteiger charge is -2.20. The maximum Gasteiger partial charge on any atom is 0.224 e. The smallest absolute Gasteiger partial charge is 0.224 e. The van der Waals surface area contributed by atoms with Gasteiger partial charge in [0.1, 0.15) is 5.82 Å². The number of nitrogens with zero attached hydrogens (tertiary/aromatic N) is 3. The van der Waals surface area contributed by atoms with Crippen LogP contribution >= 0.6 is 11.6 Å². The fourth-order valence-corrected chi connectivity index (χ4v) is 1.95. The third-order valence-electron chi connectivity index (χ3n) is 2.61. The fourth-order valence-electron chi connectivity index (χ4n) is 1.81. The molecule has 0 aliphatic carbocycles. The van der Waals surface area contributed by atoms with E-state index in [0.717, 1.165) is 18.9 Å². The number of hydrogen-bond acceptors (Lipinski definition) is 3. The zero-order valence-electron chi connectivity index (χ0n) is 8.50. The van der Waals surface area contributed by atoms with Crippen LogP contribution in [0.25, 0.3) is 0 Å². The van der Waals surface area contributed by atoms with Gasteiger partial charge in [-0.2, -0.15) is 0 Å². The SMILES string of the molecule is CC1(C)CCN(c2ccnc(Cl)n2)C1. The number of aromatic nitrogens is 2. The molecule has 1 saturated heterocycles. The third-order valence-corrected chi connectivity index (χ3v) is 2.79. The standard InChI is InChI=1S/C10H14ClN3/c1-10(2)4-6-14(7-10)8-3-5-12-9(11)13-8/h3,5H,4,6-7H2,1-2H3. The molecule has 1 fully saturated rings. The second-order valence-electron chi connectivity index (χ2n) is 4.52. The van der Waals surface area contributed by atoms with Crippen molar-refractivity contribution < 1.29 is 0 Å². The molecule has 0 amide bonds. The Hall–Kier alpha value is -0.830. The molecule has 76 valence electrons. The van der Waals surface area contributed by atoms with Gasteiger partial charge in [0, 0.05) is 19.3 Å². The number of halogens is 1. The van der Waals surface area contributed by atoms with Crippen LogP contribution in [0.2, 0.25) is 5.28 Å². The molecule has 14 heavy (non-hydrogen) atoms. The predicted molar refractivity (Wildman–Crippen MR) is 57.7 cm³/mol. The molecular formula is C10H14ClN3. The van der Waals surface area contributed by atoms with E-state index in [9.17, 15) is 0 Å². The lowest BCUT2D eigenvalue weighted by atomic mass is 9.93. The predicted octanol–water partition coefficient (Wildman–Crippen LogP) is 2.37. The highest BCUT2D eigenvalue weighted by atomic mass is 35.5. The zero-order chi connectivity index (χ0) is 10.2. The molecule has 1 aromatic heterocycles. The second-order valence-corrected chi connectivity index (χ2v) is 4.86. The fraction of sp³-hybridized carbons (Fsp3) is 0.600. The monoisotopic (exact) mass is 211 g/mol. The van der Waals surface area contributed by atoms with E-state index in [1.54, 1.807) is 6.20 Å². The molecule has 2 rings (SSSR count). The average Bonchev–Trinajstić information content (AvgIpc) is 2.46. The lowest BCUT2D eigenvalue weighted by Crippen LogP contribution is -2.23. The van der Waals surface area contributed by atoms with Crippen LogP contribution in [0, 0.1) is 5.41 Å². The van der Waals surface area contributed by atoms with Crippen molar-refractivity contribution in [1.82, 2.24) is 9.97 Å². The van der Waals surface area contributed by atoms with Crippen molar-refractivity contribution in [1.29, 1.82) is 0 Å². The Bertz CT molecular complexity index is 338. The molecule has 0 saturated carbocycles.